The van der Waals surface area contributed by atoms with E-state index in [1.54, 1.807) is 25.1 Å². The lowest BCUT2D eigenvalue weighted by Gasteiger charge is -2.14. The minimum Gasteiger partial charge on any atom is -0.494 e. The molecular weight excluding hydrogens is 257 g/mol. The van der Waals surface area contributed by atoms with E-state index in [1.165, 1.54) is 12.1 Å². The van der Waals surface area contributed by atoms with E-state index in [-0.39, 0.29) is 11.9 Å². The van der Waals surface area contributed by atoms with Gasteiger partial charge in [-0.15, -0.1) is 0 Å². The molecule has 3 nitrogen and oxygen atoms in total. The van der Waals surface area contributed by atoms with Crippen molar-refractivity contribution in [2.45, 2.75) is 19.9 Å². The van der Waals surface area contributed by atoms with Crippen molar-refractivity contribution in [1.82, 2.24) is 0 Å². The summed E-state index contributed by atoms with van der Waals surface area (Å²) in [6.45, 7) is 4.34. The Kier molecular flexibility index (Phi) is 4.58. The lowest BCUT2D eigenvalue weighted by atomic mass is 10.1. The summed E-state index contributed by atoms with van der Waals surface area (Å²) < 4.78 is 24.4. The molecule has 0 saturated carbocycles. The van der Waals surface area contributed by atoms with E-state index in [4.69, 9.17) is 15.2 Å². The Labute approximate surface area is 118 Å². The summed E-state index contributed by atoms with van der Waals surface area (Å²) in [4.78, 5) is 0. The van der Waals surface area contributed by atoms with Crippen LogP contribution < -0.4 is 15.2 Å². The van der Waals surface area contributed by atoms with Gasteiger partial charge in [-0.1, -0.05) is 0 Å². The number of benzene rings is 2. The van der Waals surface area contributed by atoms with E-state index in [0.29, 0.717) is 23.7 Å². The molecule has 0 fully saturated rings. The molecule has 0 aliphatic heterocycles. The summed E-state index contributed by atoms with van der Waals surface area (Å²) >= 11 is 0. The molecule has 0 spiro atoms. The molecule has 1 atom stereocenters. The van der Waals surface area contributed by atoms with Gasteiger partial charge in [0.1, 0.15) is 23.1 Å². The second-order valence-electron chi connectivity index (χ2n) is 4.48. The van der Waals surface area contributed by atoms with Crippen molar-refractivity contribution in [3.05, 3.63) is 53.8 Å². The topological polar surface area (TPSA) is 44.5 Å². The monoisotopic (exact) mass is 275 g/mol. The molecule has 0 radical (unpaired) electrons. The first-order chi connectivity index (χ1) is 9.60. The maximum absolute atomic E-state index is 13.3. The minimum atomic E-state index is -0.323. The Morgan fingerprint density at radius 1 is 1.10 bits per heavy atom. The summed E-state index contributed by atoms with van der Waals surface area (Å²) in [5.41, 5.74) is 6.47. The highest BCUT2D eigenvalue weighted by Crippen LogP contribution is 2.30. The van der Waals surface area contributed by atoms with Crippen LogP contribution in [0.3, 0.4) is 0 Å². The predicted molar refractivity (Wildman–Crippen MR) is 76.7 cm³/mol. The smallest absolute Gasteiger partial charge is 0.132 e. The van der Waals surface area contributed by atoms with E-state index in [9.17, 15) is 4.39 Å². The summed E-state index contributed by atoms with van der Waals surface area (Å²) in [5.74, 6) is 1.68. The van der Waals surface area contributed by atoms with Crippen LogP contribution in [0.2, 0.25) is 0 Å². The molecule has 20 heavy (non-hydrogen) atoms. The first kappa shape index (κ1) is 14.3. The van der Waals surface area contributed by atoms with Crippen molar-refractivity contribution in [2.75, 3.05) is 6.61 Å². The fourth-order valence-corrected chi connectivity index (χ4v) is 1.87. The zero-order chi connectivity index (χ0) is 14.5. The second kappa shape index (κ2) is 6.39. The maximum Gasteiger partial charge on any atom is 0.132 e. The summed E-state index contributed by atoms with van der Waals surface area (Å²) in [6, 6.07) is 11.3. The van der Waals surface area contributed by atoms with Crippen LogP contribution in [-0.4, -0.2) is 6.61 Å². The van der Waals surface area contributed by atoms with E-state index < -0.39 is 0 Å². The molecule has 1 unspecified atom stereocenters. The highest BCUT2D eigenvalue weighted by molar-refractivity contribution is 5.41. The summed E-state index contributed by atoms with van der Waals surface area (Å²) in [6.07, 6.45) is 0. The first-order valence-electron chi connectivity index (χ1n) is 6.56. The standard InChI is InChI=1S/C16H18FNO2/c1-3-19-13-5-7-14(8-6-13)20-16-9-4-12(17)10-15(16)11(2)18/h4-11H,3,18H2,1-2H3. The van der Waals surface area contributed by atoms with Crippen molar-refractivity contribution >= 4 is 0 Å². The van der Waals surface area contributed by atoms with Gasteiger partial charge in [-0.25, -0.2) is 4.39 Å². The molecule has 2 aromatic rings. The van der Waals surface area contributed by atoms with Gasteiger partial charge in [0.15, 0.2) is 0 Å². The van der Waals surface area contributed by atoms with Gasteiger partial charge < -0.3 is 15.2 Å². The van der Waals surface area contributed by atoms with Crippen LogP contribution >= 0.6 is 0 Å². The molecule has 0 aromatic heterocycles. The third-order valence-electron chi connectivity index (χ3n) is 2.82. The van der Waals surface area contributed by atoms with Crippen molar-refractivity contribution in [2.24, 2.45) is 5.73 Å². The zero-order valence-corrected chi connectivity index (χ0v) is 11.6. The SMILES string of the molecule is CCOc1ccc(Oc2ccc(F)cc2C(C)N)cc1. The average molecular weight is 275 g/mol. The van der Waals surface area contributed by atoms with Gasteiger partial charge in [0.2, 0.25) is 0 Å². The molecule has 2 aromatic carbocycles. The largest absolute Gasteiger partial charge is 0.494 e. The van der Waals surface area contributed by atoms with Crippen LogP contribution in [0.25, 0.3) is 0 Å². The van der Waals surface area contributed by atoms with Gasteiger partial charge in [0.05, 0.1) is 6.61 Å². The zero-order valence-electron chi connectivity index (χ0n) is 11.6. The molecule has 106 valence electrons. The highest BCUT2D eigenvalue weighted by Gasteiger charge is 2.10. The van der Waals surface area contributed by atoms with Gasteiger partial charge >= 0.3 is 0 Å². The Bertz CT molecular complexity index is 567. The van der Waals surface area contributed by atoms with Crippen LogP contribution in [0.4, 0.5) is 4.39 Å². The van der Waals surface area contributed by atoms with Crippen molar-refractivity contribution in [3.63, 3.8) is 0 Å². The third kappa shape index (κ3) is 3.48. The minimum absolute atomic E-state index is 0.302. The van der Waals surface area contributed by atoms with Gasteiger partial charge in [-0.3, -0.25) is 0 Å². The average Bonchev–Trinajstić information content (AvgIpc) is 2.43. The molecular formula is C16H18FNO2. The normalized spacial score (nSPS) is 12.0. The molecule has 0 amide bonds. The van der Waals surface area contributed by atoms with Gasteiger partial charge in [-0.2, -0.15) is 0 Å². The molecule has 2 rings (SSSR count). The first-order valence-corrected chi connectivity index (χ1v) is 6.56. The lowest BCUT2D eigenvalue weighted by Crippen LogP contribution is -2.07. The van der Waals surface area contributed by atoms with Crippen molar-refractivity contribution < 1.29 is 13.9 Å². The van der Waals surface area contributed by atoms with Crippen LogP contribution in [0.5, 0.6) is 17.2 Å². The quantitative estimate of drug-likeness (QED) is 0.895. The lowest BCUT2D eigenvalue weighted by molar-refractivity contribution is 0.339. The molecule has 0 saturated heterocycles. The fraction of sp³-hybridized carbons (Fsp3) is 0.250. The predicted octanol–water partition coefficient (Wildman–Crippen LogP) is 4.04. The van der Waals surface area contributed by atoms with Gasteiger partial charge in [0, 0.05) is 11.6 Å². The number of halogens is 1. The summed E-state index contributed by atoms with van der Waals surface area (Å²) in [7, 11) is 0. The second-order valence-corrected chi connectivity index (χ2v) is 4.48. The van der Waals surface area contributed by atoms with E-state index in [2.05, 4.69) is 0 Å². The number of ether oxygens (including phenoxy) is 2. The Morgan fingerprint density at radius 2 is 1.75 bits per heavy atom. The molecule has 0 aliphatic carbocycles. The molecule has 0 bridgehead atoms. The van der Waals surface area contributed by atoms with Crippen LogP contribution in [0.1, 0.15) is 25.5 Å². The number of rotatable bonds is 5. The van der Waals surface area contributed by atoms with Crippen LogP contribution in [0.15, 0.2) is 42.5 Å². The summed E-state index contributed by atoms with van der Waals surface area (Å²) in [5, 5.41) is 0. The van der Waals surface area contributed by atoms with Crippen LogP contribution in [0, 0.1) is 5.82 Å². The van der Waals surface area contributed by atoms with Gasteiger partial charge in [-0.05, 0) is 56.3 Å². The van der Waals surface area contributed by atoms with E-state index in [1.807, 2.05) is 19.1 Å². The number of hydrogen-bond donors (Lipinski definition) is 1. The molecule has 0 aliphatic rings. The number of nitrogens with two attached hydrogens (primary N) is 1. The third-order valence-corrected chi connectivity index (χ3v) is 2.82. The van der Waals surface area contributed by atoms with Crippen LogP contribution in [-0.2, 0) is 0 Å². The molecule has 4 heteroatoms. The Hall–Kier alpha value is -2.07. The number of hydrogen-bond acceptors (Lipinski definition) is 3. The molecule has 2 N–H and O–H groups in total. The highest BCUT2D eigenvalue weighted by atomic mass is 19.1. The van der Waals surface area contributed by atoms with Crippen molar-refractivity contribution in [1.29, 1.82) is 0 Å². The fourth-order valence-electron chi connectivity index (χ4n) is 1.87. The van der Waals surface area contributed by atoms with Crippen molar-refractivity contribution in [3.8, 4) is 17.2 Å². The Balaban J connectivity index is 2.21. The Morgan fingerprint density at radius 3 is 2.35 bits per heavy atom. The maximum atomic E-state index is 13.3. The molecule has 0 heterocycles. The van der Waals surface area contributed by atoms with Gasteiger partial charge in [0.25, 0.3) is 0 Å². The van der Waals surface area contributed by atoms with E-state index in [0.717, 1.165) is 5.75 Å². The van der Waals surface area contributed by atoms with E-state index >= 15 is 0 Å².